The van der Waals surface area contributed by atoms with E-state index in [1.54, 1.807) is 17.0 Å². The minimum Gasteiger partial charge on any atom is -0.346 e. The topological polar surface area (TPSA) is 73.0 Å². The number of nitrogens with zero attached hydrogens (tertiary/aromatic N) is 3. The van der Waals surface area contributed by atoms with Gasteiger partial charge < -0.3 is 10.2 Å². The van der Waals surface area contributed by atoms with Gasteiger partial charge in [0.15, 0.2) is 0 Å². The van der Waals surface area contributed by atoms with Crippen LogP contribution in [-0.2, 0) is 10.3 Å². The van der Waals surface area contributed by atoms with Crippen molar-refractivity contribution in [3.63, 3.8) is 0 Å². The molecular weight excluding hydrogens is 436 g/mol. The predicted molar refractivity (Wildman–Crippen MR) is 120 cm³/mol. The normalized spacial score (nSPS) is 24.1. The Morgan fingerprint density at radius 2 is 1.87 bits per heavy atom. The number of imide groups is 1. The molecule has 5 rings (SSSR count). The highest BCUT2D eigenvalue weighted by molar-refractivity contribution is 7.18. The molecule has 0 unspecified atom stereocenters. The van der Waals surface area contributed by atoms with E-state index in [0.29, 0.717) is 27.9 Å². The van der Waals surface area contributed by atoms with Crippen LogP contribution in [0.2, 0.25) is 4.34 Å². The molecule has 31 heavy (non-hydrogen) atoms. The highest BCUT2D eigenvalue weighted by Crippen LogP contribution is 2.50. The SMILES string of the molecule is CN(C)C1(c2ccc(N3C(=O)[C@@H]4[C@H](NC(=O)c5ccc(Cl)s5)CCN4C3=O)cc2)CC1. The molecule has 2 saturated heterocycles. The fourth-order valence-electron chi connectivity index (χ4n) is 4.77. The Kier molecular flexibility index (Phi) is 4.84. The molecule has 3 fully saturated rings. The first-order chi connectivity index (χ1) is 14.8. The first-order valence-electron chi connectivity index (χ1n) is 10.3. The summed E-state index contributed by atoms with van der Waals surface area (Å²) < 4.78 is 0.530. The second-order valence-corrected chi connectivity index (χ2v) is 10.3. The van der Waals surface area contributed by atoms with Gasteiger partial charge in [0.2, 0.25) is 0 Å². The molecule has 0 spiro atoms. The molecule has 3 aliphatic rings. The van der Waals surface area contributed by atoms with E-state index in [1.807, 2.05) is 24.3 Å². The fourth-order valence-corrected chi connectivity index (χ4v) is 5.71. The summed E-state index contributed by atoms with van der Waals surface area (Å²) in [5, 5.41) is 2.92. The van der Waals surface area contributed by atoms with E-state index in [0.717, 1.165) is 12.8 Å². The lowest BCUT2D eigenvalue weighted by molar-refractivity contribution is -0.119. The van der Waals surface area contributed by atoms with Gasteiger partial charge in [0.05, 0.1) is 20.9 Å². The third-order valence-electron chi connectivity index (χ3n) is 6.66. The molecule has 1 aromatic heterocycles. The van der Waals surface area contributed by atoms with Crippen LogP contribution in [0.15, 0.2) is 36.4 Å². The Bertz CT molecular complexity index is 1060. The molecule has 4 amide bonds. The second-order valence-electron chi connectivity index (χ2n) is 8.54. The Morgan fingerprint density at radius 1 is 1.16 bits per heavy atom. The molecule has 162 valence electrons. The van der Waals surface area contributed by atoms with Crippen molar-refractivity contribution in [2.75, 3.05) is 25.5 Å². The number of halogens is 1. The molecule has 2 atom stereocenters. The standard InChI is InChI=1S/C22H23ClN4O3S/c1-25(2)22(10-11-22)13-3-5-14(6-4-13)27-20(29)18-15(9-12-26(18)21(27)30)24-19(28)16-7-8-17(23)31-16/h3-8,15,18H,9-12H2,1-2H3,(H,24,28)/t15-,18+/m1/s1. The summed E-state index contributed by atoms with van der Waals surface area (Å²) >= 11 is 7.11. The molecule has 3 heterocycles. The van der Waals surface area contributed by atoms with E-state index < -0.39 is 12.1 Å². The van der Waals surface area contributed by atoms with Crippen molar-refractivity contribution < 1.29 is 14.4 Å². The zero-order valence-corrected chi connectivity index (χ0v) is 18.9. The van der Waals surface area contributed by atoms with Gasteiger partial charge in [-0.2, -0.15) is 0 Å². The van der Waals surface area contributed by atoms with Crippen LogP contribution >= 0.6 is 22.9 Å². The lowest BCUT2D eigenvalue weighted by Crippen LogP contribution is -2.46. The van der Waals surface area contributed by atoms with E-state index in [2.05, 4.69) is 24.3 Å². The van der Waals surface area contributed by atoms with E-state index >= 15 is 0 Å². The Labute approximate surface area is 189 Å². The zero-order valence-electron chi connectivity index (χ0n) is 17.3. The van der Waals surface area contributed by atoms with Crippen molar-refractivity contribution in [3.8, 4) is 0 Å². The fraction of sp³-hybridized carbons (Fsp3) is 0.409. The smallest absolute Gasteiger partial charge is 0.332 e. The maximum absolute atomic E-state index is 13.2. The molecule has 7 nitrogen and oxygen atoms in total. The number of nitrogens with one attached hydrogen (secondary N) is 1. The van der Waals surface area contributed by atoms with Gasteiger partial charge in [-0.3, -0.25) is 14.5 Å². The quantitative estimate of drug-likeness (QED) is 0.698. The highest BCUT2D eigenvalue weighted by atomic mass is 35.5. The van der Waals surface area contributed by atoms with Gasteiger partial charge in [-0.05, 0) is 63.2 Å². The minimum absolute atomic E-state index is 0.0671. The first kappa shape index (κ1) is 20.5. The van der Waals surface area contributed by atoms with Crippen molar-refractivity contribution >= 4 is 46.5 Å². The average Bonchev–Trinajstić information content (AvgIpc) is 3.17. The van der Waals surface area contributed by atoms with E-state index in [-0.39, 0.29) is 23.4 Å². The molecule has 1 aromatic carbocycles. The van der Waals surface area contributed by atoms with Crippen molar-refractivity contribution in [2.45, 2.75) is 36.9 Å². The number of rotatable bonds is 5. The number of amides is 4. The van der Waals surface area contributed by atoms with Crippen molar-refractivity contribution in [3.05, 3.63) is 51.2 Å². The van der Waals surface area contributed by atoms with Crippen LogP contribution in [0.5, 0.6) is 0 Å². The lowest BCUT2D eigenvalue weighted by Gasteiger charge is -2.25. The summed E-state index contributed by atoms with van der Waals surface area (Å²) in [7, 11) is 4.14. The number of anilines is 1. The maximum atomic E-state index is 13.2. The third kappa shape index (κ3) is 3.24. The van der Waals surface area contributed by atoms with Gasteiger partial charge in [0.1, 0.15) is 6.04 Å². The monoisotopic (exact) mass is 458 g/mol. The first-order valence-corrected chi connectivity index (χ1v) is 11.5. The van der Waals surface area contributed by atoms with Crippen molar-refractivity contribution in [1.29, 1.82) is 0 Å². The van der Waals surface area contributed by atoms with Gasteiger partial charge in [0.25, 0.3) is 11.8 Å². The number of urea groups is 1. The molecule has 1 aliphatic carbocycles. The second kappa shape index (κ2) is 7.32. The van der Waals surface area contributed by atoms with Crippen LogP contribution in [0.1, 0.15) is 34.5 Å². The molecule has 1 saturated carbocycles. The van der Waals surface area contributed by atoms with Gasteiger partial charge in [-0.1, -0.05) is 23.7 Å². The molecule has 0 radical (unpaired) electrons. The Morgan fingerprint density at radius 3 is 2.45 bits per heavy atom. The summed E-state index contributed by atoms with van der Waals surface area (Å²) in [5.41, 5.74) is 1.83. The number of thiophene rings is 1. The van der Waals surface area contributed by atoms with Crippen LogP contribution < -0.4 is 10.2 Å². The summed E-state index contributed by atoms with van der Waals surface area (Å²) in [6.45, 7) is 0.434. The van der Waals surface area contributed by atoms with Crippen LogP contribution in [0.3, 0.4) is 0 Å². The van der Waals surface area contributed by atoms with Crippen molar-refractivity contribution in [2.24, 2.45) is 0 Å². The van der Waals surface area contributed by atoms with Crippen LogP contribution in [-0.4, -0.2) is 60.4 Å². The summed E-state index contributed by atoms with van der Waals surface area (Å²) in [5.74, 6) is -0.566. The highest BCUT2D eigenvalue weighted by Gasteiger charge is 2.53. The largest absolute Gasteiger partial charge is 0.346 e. The Balaban J connectivity index is 1.34. The van der Waals surface area contributed by atoms with Gasteiger partial charge in [0, 0.05) is 12.1 Å². The molecular formula is C22H23ClN4O3S. The summed E-state index contributed by atoms with van der Waals surface area (Å²) in [4.78, 5) is 44.3. The number of hydrogen-bond donors (Lipinski definition) is 1. The van der Waals surface area contributed by atoms with E-state index in [9.17, 15) is 14.4 Å². The van der Waals surface area contributed by atoms with Gasteiger partial charge >= 0.3 is 6.03 Å². The van der Waals surface area contributed by atoms with Crippen LogP contribution in [0.4, 0.5) is 10.5 Å². The molecule has 9 heteroatoms. The van der Waals surface area contributed by atoms with Crippen LogP contribution in [0.25, 0.3) is 0 Å². The van der Waals surface area contributed by atoms with Crippen LogP contribution in [0, 0.1) is 0 Å². The van der Waals surface area contributed by atoms with E-state index in [4.69, 9.17) is 11.6 Å². The molecule has 2 aromatic rings. The average molecular weight is 459 g/mol. The van der Waals surface area contributed by atoms with Crippen molar-refractivity contribution in [1.82, 2.24) is 15.1 Å². The molecule has 0 bridgehead atoms. The maximum Gasteiger partial charge on any atom is 0.332 e. The molecule has 2 aliphatic heterocycles. The summed E-state index contributed by atoms with van der Waals surface area (Å²) in [6.07, 6.45) is 2.76. The predicted octanol–water partition coefficient (Wildman–Crippen LogP) is 3.29. The zero-order chi connectivity index (χ0) is 21.9. The van der Waals surface area contributed by atoms with Gasteiger partial charge in [-0.15, -0.1) is 11.3 Å². The number of carbonyl (C=O) groups is 3. The van der Waals surface area contributed by atoms with E-state index in [1.165, 1.54) is 21.8 Å². The number of benzene rings is 1. The Hall–Kier alpha value is -2.42. The lowest BCUT2D eigenvalue weighted by atomic mass is 10.0. The third-order valence-corrected chi connectivity index (χ3v) is 7.89. The minimum atomic E-state index is -0.678. The number of fused-ring (bicyclic) bond motifs is 1. The van der Waals surface area contributed by atoms with Gasteiger partial charge in [-0.25, -0.2) is 9.69 Å². The molecule has 1 N–H and O–H groups in total. The number of hydrogen-bond acceptors (Lipinski definition) is 5. The number of carbonyl (C=O) groups excluding carboxylic acids is 3. The summed E-state index contributed by atoms with van der Waals surface area (Å²) in [6, 6.07) is 9.60.